The lowest BCUT2D eigenvalue weighted by Crippen LogP contribution is -2.42. The van der Waals surface area contributed by atoms with Crippen molar-refractivity contribution in [3.05, 3.63) is 42.4 Å². The van der Waals surface area contributed by atoms with E-state index in [4.69, 9.17) is 5.73 Å². The molecule has 0 radical (unpaired) electrons. The molecule has 0 aliphatic carbocycles. The number of aromatic nitrogens is 3. The van der Waals surface area contributed by atoms with Crippen LogP contribution in [0.25, 0.3) is 16.8 Å². The molecule has 11 heteroatoms. The Morgan fingerprint density at radius 2 is 2.00 bits per heavy atom. The Labute approximate surface area is 174 Å². The van der Waals surface area contributed by atoms with E-state index in [-0.39, 0.29) is 23.2 Å². The fraction of sp³-hybridized carbons (Fsp3) is 0.300. The molecular weight excluding hydrogens is 413 g/mol. The van der Waals surface area contributed by atoms with Crippen LogP contribution in [0.3, 0.4) is 0 Å². The smallest absolute Gasteiger partial charge is 0.383 e. The van der Waals surface area contributed by atoms with Crippen molar-refractivity contribution in [3.8, 4) is 11.1 Å². The molecule has 1 fully saturated rings. The summed E-state index contributed by atoms with van der Waals surface area (Å²) in [4.78, 5) is 33.7. The zero-order chi connectivity index (χ0) is 22.3. The lowest BCUT2D eigenvalue weighted by Gasteiger charge is -2.21. The van der Waals surface area contributed by atoms with Gasteiger partial charge < -0.3 is 20.4 Å². The predicted molar refractivity (Wildman–Crippen MR) is 107 cm³/mol. The van der Waals surface area contributed by atoms with Gasteiger partial charge in [-0.3, -0.25) is 9.59 Å². The zero-order valence-electron chi connectivity index (χ0n) is 16.5. The van der Waals surface area contributed by atoms with Crippen molar-refractivity contribution in [2.75, 3.05) is 17.6 Å². The van der Waals surface area contributed by atoms with Crippen molar-refractivity contribution < 1.29 is 22.8 Å². The first-order valence-electron chi connectivity index (χ1n) is 9.53. The quantitative estimate of drug-likeness (QED) is 0.662. The van der Waals surface area contributed by atoms with Crippen molar-refractivity contribution in [1.82, 2.24) is 19.3 Å². The van der Waals surface area contributed by atoms with E-state index in [1.807, 2.05) is 0 Å². The summed E-state index contributed by atoms with van der Waals surface area (Å²) in [5, 5.41) is 2.71. The van der Waals surface area contributed by atoms with Crippen LogP contribution in [0.15, 0.2) is 36.8 Å². The molecule has 0 aromatic carbocycles. The van der Waals surface area contributed by atoms with Gasteiger partial charge in [0.1, 0.15) is 17.5 Å². The van der Waals surface area contributed by atoms with Crippen molar-refractivity contribution in [2.45, 2.75) is 32.0 Å². The molecule has 0 unspecified atom stereocenters. The lowest BCUT2D eigenvalue weighted by atomic mass is 10.1. The normalized spacial score (nSPS) is 16.6. The number of nitrogens with two attached hydrogens (primary N) is 1. The van der Waals surface area contributed by atoms with Crippen molar-refractivity contribution in [2.24, 2.45) is 0 Å². The maximum Gasteiger partial charge on any atom is 0.419 e. The zero-order valence-corrected chi connectivity index (χ0v) is 16.5. The van der Waals surface area contributed by atoms with Crippen LogP contribution in [0.1, 0.15) is 25.3 Å². The van der Waals surface area contributed by atoms with Crippen LogP contribution in [0, 0.1) is 0 Å². The van der Waals surface area contributed by atoms with E-state index in [0.717, 1.165) is 12.5 Å². The third-order valence-corrected chi connectivity index (χ3v) is 5.22. The first kappa shape index (κ1) is 20.6. The highest BCUT2D eigenvalue weighted by Gasteiger charge is 2.34. The number of nitrogen functional groups attached to an aromatic ring is 1. The molecule has 1 atom stereocenters. The number of rotatable bonds is 3. The molecule has 1 saturated heterocycles. The Balaban J connectivity index is 1.59. The summed E-state index contributed by atoms with van der Waals surface area (Å²) in [5.41, 5.74) is 5.57. The van der Waals surface area contributed by atoms with Crippen LogP contribution in [0.5, 0.6) is 0 Å². The second kappa shape index (κ2) is 7.56. The molecule has 1 aliphatic heterocycles. The molecule has 4 heterocycles. The fourth-order valence-corrected chi connectivity index (χ4v) is 3.71. The Bertz CT molecular complexity index is 1170. The number of hydrogen-bond acceptors (Lipinski definition) is 5. The molecule has 1 aliphatic rings. The fourth-order valence-electron chi connectivity index (χ4n) is 3.71. The number of halogens is 3. The molecule has 2 amide bonds. The van der Waals surface area contributed by atoms with Crippen LogP contribution in [0.4, 0.5) is 24.8 Å². The SMILES string of the molecule is CC(=O)N1CCC[C@H]1C(=O)Nc1cn2cc(-c3cnc(N)c(C(F)(F)F)c3)ccc2n1. The monoisotopic (exact) mass is 432 g/mol. The summed E-state index contributed by atoms with van der Waals surface area (Å²) >= 11 is 0. The molecule has 0 bridgehead atoms. The first-order chi connectivity index (χ1) is 14.6. The number of likely N-dealkylation sites (tertiary alicyclic amines) is 1. The number of carbonyl (C=O) groups is 2. The second-order valence-electron chi connectivity index (χ2n) is 7.32. The van der Waals surface area contributed by atoms with Crippen LogP contribution in [-0.2, 0) is 15.8 Å². The number of imidazole rings is 1. The maximum atomic E-state index is 13.1. The number of hydrogen-bond donors (Lipinski definition) is 2. The van der Waals surface area contributed by atoms with E-state index >= 15 is 0 Å². The number of carbonyl (C=O) groups excluding carboxylic acids is 2. The lowest BCUT2D eigenvalue weighted by molar-refractivity contribution is -0.137. The van der Waals surface area contributed by atoms with Gasteiger partial charge in [-0.1, -0.05) is 0 Å². The Morgan fingerprint density at radius 3 is 2.71 bits per heavy atom. The largest absolute Gasteiger partial charge is 0.419 e. The number of fused-ring (bicyclic) bond motifs is 1. The van der Waals surface area contributed by atoms with Crippen molar-refractivity contribution >= 4 is 29.1 Å². The number of nitrogens with zero attached hydrogens (tertiary/aromatic N) is 4. The average molecular weight is 432 g/mol. The van der Waals surface area contributed by atoms with E-state index in [1.165, 1.54) is 18.0 Å². The molecule has 3 aromatic rings. The van der Waals surface area contributed by atoms with E-state index < -0.39 is 23.6 Å². The maximum absolute atomic E-state index is 13.1. The van der Waals surface area contributed by atoms with Crippen LogP contribution >= 0.6 is 0 Å². The van der Waals surface area contributed by atoms with Gasteiger partial charge in [-0.2, -0.15) is 13.2 Å². The third kappa shape index (κ3) is 4.03. The number of amides is 2. The average Bonchev–Trinajstić information content (AvgIpc) is 3.33. The van der Waals surface area contributed by atoms with Gasteiger partial charge in [0.15, 0.2) is 5.82 Å². The Kier molecular flexibility index (Phi) is 5.03. The van der Waals surface area contributed by atoms with Gasteiger partial charge in [0.05, 0.1) is 11.8 Å². The van der Waals surface area contributed by atoms with E-state index in [9.17, 15) is 22.8 Å². The predicted octanol–water partition coefficient (Wildman–Crippen LogP) is 2.95. The molecule has 0 saturated carbocycles. The summed E-state index contributed by atoms with van der Waals surface area (Å²) < 4.78 is 41.0. The van der Waals surface area contributed by atoms with Gasteiger partial charge in [-0.15, -0.1) is 0 Å². The molecule has 3 N–H and O–H groups in total. The summed E-state index contributed by atoms with van der Waals surface area (Å²) in [5.74, 6) is -0.790. The van der Waals surface area contributed by atoms with Crippen LogP contribution in [-0.4, -0.2) is 43.7 Å². The summed E-state index contributed by atoms with van der Waals surface area (Å²) in [6.07, 6.45) is 1.12. The minimum atomic E-state index is -4.61. The Hall–Kier alpha value is -3.63. The van der Waals surface area contributed by atoms with E-state index in [2.05, 4.69) is 15.3 Å². The van der Waals surface area contributed by atoms with Gasteiger partial charge in [-0.25, -0.2) is 9.97 Å². The third-order valence-electron chi connectivity index (χ3n) is 5.22. The van der Waals surface area contributed by atoms with Crippen molar-refractivity contribution in [1.29, 1.82) is 0 Å². The number of anilines is 2. The molecule has 8 nitrogen and oxygen atoms in total. The van der Waals surface area contributed by atoms with E-state index in [1.54, 1.807) is 28.9 Å². The molecule has 3 aromatic heterocycles. The summed E-state index contributed by atoms with van der Waals surface area (Å²) in [7, 11) is 0. The van der Waals surface area contributed by atoms with E-state index in [0.29, 0.717) is 24.2 Å². The molecule has 31 heavy (non-hydrogen) atoms. The summed E-state index contributed by atoms with van der Waals surface area (Å²) in [6, 6.07) is 3.63. The van der Waals surface area contributed by atoms with Gasteiger partial charge in [-0.05, 0) is 31.0 Å². The van der Waals surface area contributed by atoms with Gasteiger partial charge in [0, 0.05) is 37.0 Å². The van der Waals surface area contributed by atoms with Gasteiger partial charge in [0.2, 0.25) is 11.8 Å². The first-order valence-corrected chi connectivity index (χ1v) is 9.53. The highest BCUT2D eigenvalue weighted by Crippen LogP contribution is 2.35. The second-order valence-corrected chi connectivity index (χ2v) is 7.32. The number of pyridine rings is 2. The molecular formula is C20H19F3N6O2. The number of nitrogens with one attached hydrogen (secondary N) is 1. The highest BCUT2D eigenvalue weighted by atomic mass is 19.4. The minimum absolute atomic E-state index is 0.160. The topological polar surface area (TPSA) is 106 Å². The molecule has 162 valence electrons. The molecule has 0 spiro atoms. The summed E-state index contributed by atoms with van der Waals surface area (Å²) in [6.45, 7) is 1.96. The van der Waals surface area contributed by atoms with Crippen LogP contribution < -0.4 is 11.1 Å². The van der Waals surface area contributed by atoms with Gasteiger partial charge >= 0.3 is 6.18 Å². The minimum Gasteiger partial charge on any atom is -0.383 e. The van der Waals surface area contributed by atoms with Crippen molar-refractivity contribution in [3.63, 3.8) is 0 Å². The van der Waals surface area contributed by atoms with Crippen LogP contribution in [0.2, 0.25) is 0 Å². The highest BCUT2D eigenvalue weighted by molar-refractivity contribution is 5.96. The van der Waals surface area contributed by atoms with Gasteiger partial charge in [0.25, 0.3) is 0 Å². The Morgan fingerprint density at radius 1 is 1.23 bits per heavy atom. The molecule has 4 rings (SSSR count). The standard InChI is InChI=1S/C20H19F3N6O2/c1-11(30)29-6-2-3-15(29)19(31)27-16-10-28-9-12(4-5-17(28)26-16)13-7-14(20(21,22)23)18(24)25-8-13/h4-5,7-10,15H,2-3,6H2,1H3,(H2,24,25)(H,27,31)/t15-/m0/s1. The number of alkyl halides is 3.